The zero-order valence-electron chi connectivity index (χ0n) is 9.84. The second kappa shape index (κ2) is 5.93. The molecule has 19 heavy (non-hydrogen) atoms. The fourth-order valence-electron chi connectivity index (χ4n) is 1.55. The minimum absolute atomic E-state index is 0.165. The molecular weight excluding hydrogens is 283 g/mol. The van der Waals surface area contributed by atoms with Gasteiger partial charge in [0.1, 0.15) is 0 Å². The molecule has 0 atom stereocenters. The first-order chi connectivity index (χ1) is 8.83. The van der Waals surface area contributed by atoms with E-state index in [2.05, 4.69) is 4.74 Å². The Kier molecular flexibility index (Phi) is 4.78. The van der Waals surface area contributed by atoms with Crippen molar-refractivity contribution in [1.29, 1.82) is 5.26 Å². The molecule has 0 aliphatic carbocycles. The van der Waals surface area contributed by atoms with Gasteiger partial charge in [-0.25, -0.2) is 0 Å². The van der Waals surface area contributed by atoms with Gasteiger partial charge in [0.2, 0.25) is 0 Å². The van der Waals surface area contributed by atoms with Crippen molar-refractivity contribution in [2.24, 2.45) is 0 Å². The average Bonchev–Trinajstić information content (AvgIpc) is 2.36. The molecule has 0 bridgehead atoms. The summed E-state index contributed by atoms with van der Waals surface area (Å²) in [6.07, 6.45) is -4.87. The third-order valence-electron chi connectivity index (χ3n) is 2.46. The molecule has 0 heterocycles. The quantitative estimate of drug-likeness (QED) is 0.635. The lowest BCUT2D eigenvalue weighted by molar-refractivity contribution is -0.139. The van der Waals surface area contributed by atoms with Gasteiger partial charge in [0.05, 0.1) is 30.7 Å². The third kappa shape index (κ3) is 3.61. The van der Waals surface area contributed by atoms with Crippen molar-refractivity contribution >= 4 is 17.6 Å². The number of carbonyl (C=O) groups is 1. The van der Waals surface area contributed by atoms with Crippen LogP contribution < -0.4 is 0 Å². The molecule has 0 amide bonds. The summed E-state index contributed by atoms with van der Waals surface area (Å²) in [5.41, 5.74) is -1.19. The SMILES string of the molecule is COC(=O)Cc1cc(CCl)c(C(F)(F)F)cc1C#N. The molecule has 0 aromatic heterocycles. The number of hydrogen-bond donors (Lipinski definition) is 0. The standard InChI is InChI=1S/C12H9ClF3NO2/c1-19-11(18)4-7-2-8(5-13)10(12(14,15)16)3-9(7)6-17/h2-3H,4-5H2,1H3. The van der Waals surface area contributed by atoms with Gasteiger partial charge in [-0.3, -0.25) is 4.79 Å². The molecule has 102 valence electrons. The molecule has 0 unspecified atom stereocenters. The van der Waals surface area contributed by atoms with Gasteiger partial charge in [0, 0.05) is 5.88 Å². The predicted octanol–water partition coefficient (Wildman–Crippen LogP) is 3.03. The van der Waals surface area contributed by atoms with E-state index in [1.807, 2.05) is 0 Å². The van der Waals surface area contributed by atoms with Crippen molar-refractivity contribution in [1.82, 2.24) is 0 Å². The van der Waals surface area contributed by atoms with Crippen LogP contribution in [-0.4, -0.2) is 13.1 Å². The number of nitriles is 1. The largest absolute Gasteiger partial charge is 0.469 e. The van der Waals surface area contributed by atoms with E-state index in [9.17, 15) is 18.0 Å². The van der Waals surface area contributed by atoms with Gasteiger partial charge in [-0.1, -0.05) is 6.07 Å². The van der Waals surface area contributed by atoms with Gasteiger partial charge in [-0.05, 0) is 17.2 Å². The van der Waals surface area contributed by atoms with Crippen LogP contribution in [0.3, 0.4) is 0 Å². The van der Waals surface area contributed by atoms with E-state index in [0.29, 0.717) is 6.07 Å². The summed E-state index contributed by atoms with van der Waals surface area (Å²) in [6.45, 7) is 0. The van der Waals surface area contributed by atoms with Gasteiger partial charge in [0.25, 0.3) is 0 Å². The van der Waals surface area contributed by atoms with E-state index in [4.69, 9.17) is 16.9 Å². The number of benzene rings is 1. The highest BCUT2D eigenvalue weighted by Crippen LogP contribution is 2.34. The summed E-state index contributed by atoms with van der Waals surface area (Å²) in [4.78, 5) is 11.1. The van der Waals surface area contributed by atoms with Crippen LogP contribution in [0.1, 0.15) is 22.3 Å². The van der Waals surface area contributed by atoms with Gasteiger partial charge < -0.3 is 4.74 Å². The van der Waals surface area contributed by atoms with Crippen LogP contribution in [0.4, 0.5) is 13.2 Å². The molecule has 0 saturated carbocycles. The van der Waals surface area contributed by atoms with E-state index < -0.39 is 17.7 Å². The molecule has 1 rings (SSSR count). The Labute approximate surface area is 112 Å². The second-order valence-corrected chi connectivity index (χ2v) is 3.93. The van der Waals surface area contributed by atoms with Gasteiger partial charge >= 0.3 is 12.1 Å². The average molecular weight is 292 g/mol. The third-order valence-corrected chi connectivity index (χ3v) is 2.75. The fraction of sp³-hybridized carbons (Fsp3) is 0.333. The Hall–Kier alpha value is -1.74. The van der Waals surface area contributed by atoms with Crippen LogP contribution in [0.25, 0.3) is 0 Å². The normalized spacial score (nSPS) is 10.9. The second-order valence-electron chi connectivity index (χ2n) is 3.66. The molecule has 0 aliphatic rings. The lowest BCUT2D eigenvalue weighted by atomic mass is 9.97. The van der Waals surface area contributed by atoms with Crippen LogP contribution in [0.2, 0.25) is 0 Å². The Morgan fingerprint density at radius 3 is 2.47 bits per heavy atom. The van der Waals surface area contributed by atoms with E-state index in [1.165, 1.54) is 0 Å². The number of halogens is 4. The summed E-state index contributed by atoms with van der Waals surface area (Å²) >= 11 is 5.48. The number of carbonyl (C=O) groups excluding carboxylic acids is 1. The van der Waals surface area contributed by atoms with Crippen molar-refractivity contribution in [3.05, 3.63) is 34.4 Å². The molecule has 0 fully saturated rings. The maximum atomic E-state index is 12.8. The maximum absolute atomic E-state index is 12.8. The molecule has 0 N–H and O–H groups in total. The van der Waals surface area contributed by atoms with Crippen molar-refractivity contribution in [2.75, 3.05) is 7.11 Å². The first-order valence-corrected chi connectivity index (χ1v) is 5.62. The van der Waals surface area contributed by atoms with Crippen molar-refractivity contribution in [3.63, 3.8) is 0 Å². The zero-order valence-corrected chi connectivity index (χ0v) is 10.6. The lowest BCUT2D eigenvalue weighted by Gasteiger charge is -2.14. The first kappa shape index (κ1) is 15.3. The minimum Gasteiger partial charge on any atom is -0.469 e. The number of hydrogen-bond acceptors (Lipinski definition) is 3. The van der Waals surface area contributed by atoms with Crippen LogP contribution in [-0.2, 0) is 28.0 Å². The summed E-state index contributed by atoms with van der Waals surface area (Å²) in [5.74, 6) is -1.01. The van der Waals surface area contributed by atoms with Crippen LogP contribution in [0.5, 0.6) is 0 Å². The van der Waals surface area contributed by atoms with Crippen LogP contribution >= 0.6 is 11.6 Å². The topological polar surface area (TPSA) is 50.1 Å². The van der Waals surface area contributed by atoms with Crippen molar-refractivity contribution in [3.8, 4) is 6.07 Å². The Bertz CT molecular complexity index is 535. The summed E-state index contributed by atoms with van der Waals surface area (Å²) in [5, 5.41) is 8.86. The number of ether oxygens (including phenoxy) is 1. The van der Waals surface area contributed by atoms with Crippen molar-refractivity contribution in [2.45, 2.75) is 18.5 Å². The Balaban J connectivity index is 3.36. The monoisotopic (exact) mass is 291 g/mol. The molecule has 1 aromatic rings. The van der Waals surface area contributed by atoms with Crippen molar-refractivity contribution < 1.29 is 22.7 Å². The van der Waals surface area contributed by atoms with E-state index in [1.54, 1.807) is 6.07 Å². The number of nitrogens with zero attached hydrogens (tertiary/aromatic N) is 1. The van der Waals surface area contributed by atoms with Gasteiger partial charge in [-0.2, -0.15) is 18.4 Å². The molecule has 0 aliphatic heterocycles. The van der Waals surface area contributed by atoms with E-state index >= 15 is 0 Å². The number of rotatable bonds is 3. The molecule has 0 spiro atoms. The zero-order chi connectivity index (χ0) is 14.6. The molecule has 0 radical (unpaired) electrons. The fourth-order valence-corrected chi connectivity index (χ4v) is 1.77. The highest BCUT2D eigenvalue weighted by atomic mass is 35.5. The lowest BCUT2D eigenvalue weighted by Crippen LogP contribution is -2.12. The summed E-state index contributed by atoms with van der Waals surface area (Å²) in [7, 11) is 1.15. The number of methoxy groups -OCH3 is 1. The molecule has 7 heteroatoms. The van der Waals surface area contributed by atoms with Gasteiger partial charge in [0.15, 0.2) is 0 Å². The predicted molar refractivity (Wildman–Crippen MR) is 61.4 cm³/mol. The molecule has 0 saturated heterocycles. The minimum atomic E-state index is -4.60. The first-order valence-electron chi connectivity index (χ1n) is 5.09. The highest BCUT2D eigenvalue weighted by molar-refractivity contribution is 6.17. The van der Waals surface area contributed by atoms with E-state index in [-0.39, 0.29) is 29.0 Å². The Morgan fingerprint density at radius 1 is 1.42 bits per heavy atom. The number of alkyl halides is 4. The van der Waals surface area contributed by atoms with E-state index in [0.717, 1.165) is 13.2 Å². The number of esters is 1. The molecule has 3 nitrogen and oxygen atoms in total. The van der Waals surface area contributed by atoms with Crippen LogP contribution in [0.15, 0.2) is 12.1 Å². The smallest absolute Gasteiger partial charge is 0.416 e. The summed E-state index contributed by atoms with van der Waals surface area (Å²) < 4.78 is 42.7. The maximum Gasteiger partial charge on any atom is 0.416 e. The molecular formula is C12H9ClF3NO2. The van der Waals surface area contributed by atoms with Crippen LogP contribution in [0, 0.1) is 11.3 Å². The summed E-state index contributed by atoms with van der Waals surface area (Å²) in [6, 6.07) is 3.46. The Morgan fingerprint density at radius 2 is 2.05 bits per heavy atom. The molecule has 1 aromatic carbocycles. The van der Waals surface area contributed by atoms with Gasteiger partial charge in [-0.15, -0.1) is 11.6 Å². The highest BCUT2D eigenvalue weighted by Gasteiger charge is 2.34.